The van der Waals surface area contributed by atoms with Gasteiger partial charge in [-0.25, -0.2) is 4.68 Å². The zero-order valence-corrected chi connectivity index (χ0v) is 19.6. The molecule has 0 bridgehead atoms. The Morgan fingerprint density at radius 3 is 2.26 bits per heavy atom. The van der Waals surface area contributed by atoms with Crippen molar-refractivity contribution >= 4 is 17.2 Å². The Morgan fingerprint density at radius 1 is 0.914 bits per heavy atom. The third kappa shape index (κ3) is 5.16. The Hall–Kier alpha value is -3.43. The molecule has 5 nitrogen and oxygen atoms in total. The summed E-state index contributed by atoms with van der Waals surface area (Å²) < 4.78 is 41.3. The van der Waals surface area contributed by atoms with E-state index in [4.69, 9.17) is 0 Å². The van der Waals surface area contributed by atoms with Gasteiger partial charge >= 0.3 is 6.18 Å². The number of hydrogen-bond acceptors (Lipinski definition) is 4. The lowest BCUT2D eigenvalue weighted by molar-refractivity contribution is -0.141. The maximum Gasteiger partial charge on any atom is 0.435 e. The van der Waals surface area contributed by atoms with Crippen molar-refractivity contribution in [1.29, 1.82) is 0 Å². The molecule has 1 aliphatic heterocycles. The molecule has 4 aromatic rings. The van der Waals surface area contributed by atoms with E-state index in [-0.39, 0.29) is 5.91 Å². The van der Waals surface area contributed by atoms with Gasteiger partial charge in [0.15, 0.2) is 5.69 Å². The van der Waals surface area contributed by atoms with Crippen LogP contribution < -0.4 is 0 Å². The van der Waals surface area contributed by atoms with Crippen LogP contribution in [-0.2, 0) is 12.7 Å². The van der Waals surface area contributed by atoms with E-state index >= 15 is 0 Å². The standard InChI is InChI=1S/C26H23F3N4OS/c27-26(28,29)24-17-22(23-7-4-16-35-23)33(30-24)21-10-8-20(9-11-21)25(34)32-14-12-31(13-15-32)18-19-5-2-1-3-6-19/h1-11,16-17H,12-15,18H2. The summed E-state index contributed by atoms with van der Waals surface area (Å²) >= 11 is 1.34. The fourth-order valence-corrected chi connectivity index (χ4v) is 4.92. The molecule has 180 valence electrons. The average Bonchev–Trinajstić information content (AvgIpc) is 3.55. The minimum atomic E-state index is -4.55. The number of rotatable bonds is 5. The van der Waals surface area contributed by atoms with Crippen LogP contribution in [0.25, 0.3) is 16.3 Å². The fourth-order valence-electron chi connectivity index (χ4n) is 4.19. The van der Waals surface area contributed by atoms with E-state index < -0.39 is 11.9 Å². The van der Waals surface area contributed by atoms with Gasteiger partial charge in [-0.2, -0.15) is 18.3 Å². The van der Waals surface area contributed by atoms with Crippen molar-refractivity contribution in [2.75, 3.05) is 26.2 Å². The highest BCUT2D eigenvalue weighted by molar-refractivity contribution is 7.13. The lowest BCUT2D eigenvalue weighted by Crippen LogP contribution is -2.48. The van der Waals surface area contributed by atoms with Crippen molar-refractivity contribution in [3.05, 3.63) is 95.0 Å². The topological polar surface area (TPSA) is 41.4 Å². The molecule has 1 amide bonds. The molecule has 35 heavy (non-hydrogen) atoms. The van der Waals surface area contributed by atoms with Crippen molar-refractivity contribution < 1.29 is 18.0 Å². The smallest absolute Gasteiger partial charge is 0.336 e. The number of piperazine rings is 1. The number of nitrogens with zero attached hydrogens (tertiary/aromatic N) is 4. The first-order chi connectivity index (χ1) is 16.9. The van der Waals surface area contributed by atoms with Crippen LogP contribution in [0.1, 0.15) is 21.6 Å². The Kier molecular flexibility index (Phi) is 6.44. The maximum absolute atomic E-state index is 13.3. The van der Waals surface area contributed by atoms with Gasteiger partial charge in [-0.3, -0.25) is 9.69 Å². The molecule has 2 aromatic carbocycles. The SMILES string of the molecule is O=C(c1ccc(-n2nc(C(F)(F)F)cc2-c2cccs2)cc1)N1CCN(Cc2ccccc2)CC1. The monoisotopic (exact) mass is 496 g/mol. The van der Waals surface area contributed by atoms with Gasteiger partial charge in [0.25, 0.3) is 5.91 Å². The summed E-state index contributed by atoms with van der Waals surface area (Å²) in [5.41, 5.74) is 1.63. The van der Waals surface area contributed by atoms with E-state index in [1.54, 1.807) is 41.8 Å². The first-order valence-electron chi connectivity index (χ1n) is 11.3. The molecular formula is C26H23F3N4OS. The van der Waals surface area contributed by atoms with E-state index in [1.807, 2.05) is 23.1 Å². The summed E-state index contributed by atoms with van der Waals surface area (Å²) in [6.45, 7) is 3.69. The summed E-state index contributed by atoms with van der Waals surface area (Å²) in [5.74, 6) is -0.0779. The van der Waals surface area contributed by atoms with Crippen molar-refractivity contribution in [3.63, 3.8) is 0 Å². The second kappa shape index (κ2) is 9.67. The van der Waals surface area contributed by atoms with Gasteiger partial charge in [0, 0.05) is 38.3 Å². The highest BCUT2D eigenvalue weighted by atomic mass is 32.1. The molecule has 0 spiro atoms. The molecule has 1 saturated heterocycles. The number of aromatic nitrogens is 2. The molecule has 5 rings (SSSR count). The molecular weight excluding hydrogens is 473 g/mol. The molecule has 2 aromatic heterocycles. The second-order valence-corrected chi connectivity index (χ2v) is 9.35. The molecule has 0 N–H and O–H groups in total. The molecule has 0 radical (unpaired) electrons. The molecule has 0 aliphatic carbocycles. The van der Waals surface area contributed by atoms with E-state index in [2.05, 4.69) is 22.1 Å². The van der Waals surface area contributed by atoms with Crippen molar-refractivity contribution in [3.8, 4) is 16.3 Å². The van der Waals surface area contributed by atoms with Gasteiger partial charge in [-0.1, -0.05) is 36.4 Å². The number of halogens is 3. The van der Waals surface area contributed by atoms with Gasteiger partial charge in [0.2, 0.25) is 0 Å². The molecule has 9 heteroatoms. The van der Waals surface area contributed by atoms with E-state index in [0.29, 0.717) is 34.9 Å². The predicted octanol–water partition coefficient (Wildman–Crippen LogP) is 5.58. The summed E-state index contributed by atoms with van der Waals surface area (Å²) in [6.07, 6.45) is -4.55. The lowest BCUT2D eigenvalue weighted by Gasteiger charge is -2.34. The van der Waals surface area contributed by atoms with Crippen LogP contribution in [0.15, 0.2) is 78.2 Å². The number of hydrogen-bond donors (Lipinski definition) is 0. The molecule has 0 saturated carbocycles. The van der Waals surface area contributed by atoms with Gasteiger partial charge in [0.05, 0.1) is 16.3 Å². The van der Waals surface area contributed by atoms with Crippen LogP contribution in [0.4, 0.5) is 13.2 Å². The van der Waals surface area contributed by atoms with Crippen molar-refractivity contribution in [1.82, 2.24) is 19.6 Å². The number of carbonyl (C=O) groups is 1. The van der Waals surface area contributed by atoms with E-state index in [0.717, 1.165) is 25.7 Å². The van der Waals surface area contributed by atoms with Gasteiger partial charge in [-0.05, 0) is 47.3 Å². The van der Waals surface area contributed by atoms with Crippen molar-refractivity contribution in [2.45, 2.75) is 12.7 Å². The van der Waals surface area contributed by atoms with Crippen LogP contribution in [0.3, 0.4) is 0 Å². The normalized spacial score (nSPS) is 14.9. The number of alkyl halides is 3. The van der Waals surface area contributed by atoms with Crippen molar-refractivity contribution in [2.24, 2.45) is 0 Å². The number of benzene rings is 2. The van der Waals surface area contributed by atoms with Gasteiger partial charge in [-0.15, -0.1) is 11.3 Å². The summed E-state index contributed by atoms with van der Waals surface area (Å²) in [4.78, 5) is 17.9. The quantitative estimate of drug-likeness (QED) is 0.362. The number of amides is 1. The van der Waals surface area contributed by atoms with Crippen LogP contribution >= 0.6 is 11.3 Å². The fraction of sp³-hybridized carbons (Fsp3) is 0.231. The third-order valence-corrected chi connectivity index (χ3v) is 6.93. The van der Waals surface area contributed by atoms with Crippen LogP contribution in [-0.4, -0.2) is 51.7 Å². The molecule has 3 heterocycles. The molecule has 1 aliphatic rings. The maximum atomic E-state index is 13.3. The molecule has 1 fully saturated rings. The highest BCUT2D eigenvalue weighted by Gasteiger charge is 2.35. The van der Waals surface area contributed by atoms with Crippen LogP contribution in [0.2, 0.25) is 0 Å². The Balaban J connectivity index is 1.29. The Labute approximate surface area is 205 Å². The van der Waals surface area contributed by atoms with E-state index in [9.17, 15) is 18.0 Å². The van der Waals surface area contributed by atoms with Gasteiger partial charge < -0.3 is 4.90 Å². The Bertz CT molecular complexity index is 1280. The first-order valence-corrected chi connectivity index (χ1v) is 12.1. The van der Waals surface area contributed by atoms with Crippen LogP contribution in [0, 0.1) is 0 Å². The minimum Gasteiger partial charge on any atom is -0.336 e. The highest BCUT2D eigenvalue weighted by Crippen LogP contribution is 2.34. The first kappa shape index (κ1) is 23.3. The largest absolute Gasteiger partial charge is 0.435 e. The van der Waals surface area contributed by atoms with E-state index in [1.165, 1.54) is 21.6 Å². The minimum absolute atomic E-state index is 0.0779. The number of carbonyl (C=O) groups excluding carboxylic acids is 1. The Morgan fingerprint density at radius 2 is 1.63 bits per heavy atom. The third-order valence-electron chi connectivity index (χ3n) is 6.04. The second-order valence-electron chi connectivity index (χ2n) is 8.40. The summed E-state index contributed by atoms with van der Waals surface area (Å²) in [6, 6.07) is 21.4. The number of thiophene rings is 1. The average molecular weight is 497 g/mol. The van der Waals surface area contributed by atoms with Crippen LogP contribution in [0.5, 0.6) is 0 Å². The lowest BCUT2D eigenvalue weighted by atomic mass is 10.1. The zero-order valence-electron chi connectivity index (χ0n) is 18.8. The predicted molar refractivity (Wildman–Crippen MR) is 130 cm³/mol. The van der Waals surface area contributed by atoms with Gasteiger partial charge in [0.1, 0.15) is 0 Å². The zero-order chi connectivity index (χ0) is 24.4. The molecule has 0 atom stereocenters. The summed E-state index contributed by atoms with van der Waals surface area (Å²) in [5, 5.41) is 5.62. The summed E-state index contributed by atoms with van der Waals surface area (Å²) in [7, 11) is 0. The molecule has 0 unspecified atom stereocenters.